The molecule has 0 aromatic carbocycles. The zero-order valence-corrected chi connectivity index (χ0v) is 13.3. The van der Waals surface area contributed by atoms with E-state index in [-0.39, 0.29) is 5.91 Å². The van der Waals surface area contributed by atoms with Crippen LogP contribution in [0.3, 0.4) is 0 Å². The topological polar surface area (TPSA) is 29.1 Å². The number of likely N-dealkylation sites (N-methyl/N-ethyl adjacent to an activating group) is 1. The number of rotatable bonds is 1. The van der Waals surface area contributed by atoms with Crippen LogP contribution in [0.15, 0.2) is 28.1 Å². The predicted molar refractivity (Wildman–Crippen MR) is 82.5 cm³/mol. The van der Waals surface area contributed by atoms with Crippen molar-refractivity contribution in [2.45, 2.75) is 20.8 Å². The Morgan fingerprint density at radius 1 is 0.882 bits per heavy atom. The van der Waals surface area contributed by atoms with Gasteiger partial charge in [-0.15, -0.1) is 0 Å². The normalized spacial score (nSPS) is 20.7. The van der Waals surface area contributed by atoms with Crippen LogP contribution in [0.2, 0.25) is 0 Å². The van der Waals surface area contributed by atoms with Crippen LogP contribution in [-0.2, 0) is 4.79 Å². The molecule has 0 radical (unpaired) electrons. The van der Waals surface area contributed by atoms with Gasteiger partial charge in [0.2, 0.25) is 0 Å². The van der Waals surface area contributed by atoms with Gasteiger partial charge in [-0.3, -0.25) is 4.79 Å². The average molecular weight is 303 g/mol. The number of hydrogen-bond donors (Lipinski definition) is 1. The highest BCUT2D eigenvalue weighted by molar-refractivity contribution is 8.34. The third kappa shape index (κ3) is 2.75. The van der Waals surface area contributed by atoms with Crippen LogP contribution >= 0.6 is 47.0 Å². The van der Waals surface area contributed by atoms with Crippen molar-refractivity contribution in [1.29, 1.82) is 0 Å². The van der Waals surface area contributed by atoms with E-state index in [1.165, 1.54) is 18.3 Å². The number of nitrogens with one attached hydrogen (secondary N) is 1. The molecule has 0 aliphatic carbocycles. The van der Waals surface area contributed by atoms with Crippen LogP contribution < -0.4 is 5.32 Å². The van der Waals surface area contributed by atoms with Gasteiger partial charge in [-0.25, -0.2) is 0 Å². The van der Waals surface area contributed by atoms with Gasteiger partial charge in [0.05, 0.1) is 13.4 Å². The lowest BCUT2D eigenvalue weighted by atomic mass is 10.5. The van der Waals surface area contributed by atoms with Gasteiger partial charge in [0.1, 0.15) is 0 Å². The monoisotopic (exact) mass is 303 g/mol. The van der Waals surface area contributed by atoms with Crippen LogP contribution in [0.25, 0.3) is 0 Å². The number of thioether (sulfide) groups is 4. The Morgan fingerprint density at radius 2 is 1.35 bits per heavy atom. The molecule has 17 heavy (non-hydrogen) atoms. The third-order valence-electron chi connectivity index (χ3n) is 2.35. The Morgan fingerprint density at radius 3 is 1.88 bits per heavy atom. The molecule has 0 saturated carbocycles. The first-order valence-corrected chi connectivity index (χ1v) is 8.35. The summed E-state index contributed by atoms with van der Waals surface area (Å²) >= 11 is 6.94. The molecule has 92 valence electrons. The fourth-order valence-corrected chi connectivity index (χ4v) is 6.67. The summed E-state index contributed by atoms with van der Waals surface area (Å²) in [6, 6.07) is 0. The first-order chi connectivity index (χ1) is 8.02. The van der Waals surface area contributed by atoms with Gasteiger partial charge in [0, 0.05) is 12.0 Å². The molecular weight excluding hydrogens is 290 g/mol. The molecule has 0 atom stereocenters. The number of carbonyl (C=O) groups excluding carboxylic acids is 1. The van der Waals surface area contributed by atoms with Crippen molar-refractivity contribution in [2.75, 3.05) is 7.05 Å². The lowest BCUT2D eigenvalue weighted by molar-refractivity contribution is -0.116. The van der Waals surface area contributed by atoms with Crippen LogP contribution in [0.5, 0.6) is 0 Å². The summed E-state index contributed by atoms with van der Waals surface area (Å²) in [7, 11) is 1.67. The van der Waals surface area contributed by atoms with Gasteiger partial charge >= 0.3 is 0 Å². The number of allylic oxidation sites excluding steroid dienone is 3. The van der Waals surface area contributed by atoms with Crippen molar-refractivity contribution < 1.29 is 4.79 Å². The van der Waals surface area contributed by atoms with Crippen LogP contribution in [-0.4, -0.2) is 13.0 Å². The molecule has 0 fully saturated rings. The van der Waals surface area contributed by atoms with Gasteiger partial charge in [0.15, 0.2) is 0 Å². The minimum atomic E-state index is 0.0185. The van der Waals surface area contributed by atoms with Gasteiger partial charge in [-0.05, 0) is 30.6 Å². The van der Waals surface area contributed by atoms with E-state index >= 15 is 0 Å². The summed E-state index contributed by atoms with van der Waals surface area (Å²) in [6.07, 6.45) is 0. The minimum absolute atomic E-state index is 0.0185. The van der Waals surface area contributed by atoms with E-state index in [0.29, 0.717) is 0 Å². The van der Waals surface area contributed by atoms with E-state index in [4.69, 9.17) is 0 Å². The van der Waals surface area contributed by atoms with Gasteiger partial charge in [-0.1, -0.05) is 47.0 Å². The van der Waals surface area contributed by atoms with E-state index in [0.717, 1.165) is 9.81 Å². The number of amides is 1. The zero-order valence-electron chi connectivity index (χ0n) is 10.0. The van der Waals surface area contributed by atoms with Crippen LogP contribution in [0, 0.1) is 0 Å². The fourth-order valence-electron chi connectivity index (χ4n) is 1.30. The van der Waals surface area contributed by atoms with Crippen molar-refractivity contribution in [3.63, 3.8) is 0 Å². The van der Waals surface area contributed by atoms with Crippen molar-refractivity contribution in [1.82, 2.24) is 5.32 Å². The molecule has 0 saturated heterocycles. The second kappa shape index (κ2) is 5.38. The number of carbonyl (C=O) groups is 1. The van der Waals surface area contributed by atoms with E-state index in [9.17, 15) is 4.79 Å². The highest BCUT2D eigenvalue weighted by atomic mass is 32.2. The fraction of sp³-hybridized carbons (Fsp3) is 0.364. The van der Waals surface area contributed by atoms with E-state index in [1.807, 2.05) is 30.4 Å². The quantitative estimate of drug-likeness (QED) is 0.780. The molecule has 0 unspecified atom stereocenters. The molecule has 0 aromatic rings. The first-order valence-electron chi connectivity index (χ1n) is 5.09. The summed E-state index contributed by atoms with van der Waals surface area (Å²) in [4.78, 5) is 16.3. The Balaban J connectivity index is 2.17. The molecule has 1 amide bonds. The predicted octanol–water partition coefficient (Wildman–Crippen LogP) is 4.30. The first kappa shape index (κ1) is 13.5. The molecule has 1 N–H and O–H groups in total. The maximum atomic E-state index is 11.7. The summed E-state index contributed by atoms with van der Waals surface area (Å²) in [5.41, 5.74) is 0. The van der Waals surface area contributed by atoms with E-state index in [2.05, 4.69) is 19.2 Å². The maximum absolute atomic E-state index is 11.7. The highest BCUT2D eigenvalue weighted by Crippen LogP contribution is 2.59. The molecule has 6 heteroatoms. The summed E-state index contributed by atoms with van der Waals surface area (Å²) in [6.45, 7) is 6.29. The SMILES string of the molecule is CNC(=O)C1=C(C)SC(=C2SC(C)=C(C)S2)S1. The second-order valence-corrected chi connectivity index (χ2v) is 8.77. The molecular formula is C11H13NOS4. The lowest BCUT2D eigenvalue weighted by Gasteiger charge is -2.02. The van der Waals surface area contributed by atoms with Crippen LogP contribution in [0.4, 0.5) is 0 Å². The second-order valence-electron chi connectivity index (χ2n) is 3.56. The minimum Gasteiger partial charge on any atom is -0.355 e. The van der Waals surface area contributed by atoms with Crippen molar-refractivity contribution in [2.24, 2.45) is 0 Å². The zero-order chi connectivity index (χ0) is 12.6. The Labute approximate surface area is 119 Å². The molecule has 0 aromatic heterocycles. The molecule has 2 heterocycles. The Kier molecular flexibility index (Phi) is 4.28. The average Bonchev–Trinajstić information content (AvgIpc) is 2.82. The van der Waals surface area contributed by atoms with Gasteiger partial charge in [0.25, 0.3) is 5.91 Å². The molecule has 0 spiro atoms. The Bertz CT molecular complexity index is 460. The van der Waals surface area contributed by atoms with E-state index in [1.54, 1.807) is 30.6 Å². The standard InChI is InChI=1S/C11H13NOS4/c1-5-6(2)15-10(14-5)11-16-7(3)8(17-11)9(13)12-4/h1-4H3,(H,12,13). The summed E-state index contributed by atoms with van der Waals surface area (Å²) < 4.78 is 2.56. The largest absolute Gasteiger partial charge is 0.355 e. The van der Waals surface area contributed by atoms with Crippen LogP contribution in [0.1, 0.15) is 20.8 Å². The maximum Gasteiger partial charge on any atom is 0.258 e. The van der Waals surface area contributed by atoms with Crippen molar-refractivity contribution >= 4 is 53.0 Å². The molecule has 2 rings (SSSR count). The number of hydrogen-bond acceptors (Lipinski definition) is 5. The lowest BCUT2D eigenvalue weighted by Crippen LogP contribution is -2.18. The molecule has 2 aliphatic heterocycles. The van der Waals surface area contributed by atoms with Crippen molar-refractivity contribution in [3.8, 4) is 0 Å². The molecule has 0 bridgehead atoms. The molecule has 2 aliphatic rings. The Hall–Kier alpha value is 0.0900. The molecule has 2 nitrogen and oxygen atoms in total. The van der Waals surface area contributed by atoms with Crippen molar-refractivity contribution in [3.05, 3.63) is 28.1 Å². The smallest absolute Gasteiger partial charge is 0.258 e. The van der Waals surface area contributed by atoms with Gasteiger partial charge in [-0.2, -0.15) is 0 Å². The summed E-state index contributed by atoms with van der Waals surface area (Å²) in [5, 5.41) is 2.69. The highest BCUT2D eigenvalue weighted by Gasteiger charge is 2.28. The summed E-state index contributed by atoms with van der Waals surface area (Å²) in [5.74, 6) is 0.0185. The third-order valence-corrected chi connectivity index (χ3v) is 8.11. The van der Waals surface area contributed by atoms with E-state index < -0.39 is 0 Å². The van der Waals surface area contributed by atoms with Gasteiger partial charge < -0.3 is 5.32 Å².